The number of anilines is 1. The van der Waals surface area contributed by atoms with Gasteiger partial charge < -0.3 is 4.74 Å². The first-order valence-corrected chi connectivity index (χ1v) is 5.41. The van der Waals surface area contributed by atoms with Crippen molar-refractivity contribution in [3.05, 3.63) is 36.7 Å². The lowest BCUT2D eigenvalue weighted by Gasteiger charge is -2.09. The minimum Gasteiger partial charge on any atom is -0.440 e. The zero-order valence-electron chi connectivity index (χ0n) is 9.96. The van der Waals surface area contributed by atoms with E-state index in [0.717, 1.165) is 0 Å². The molecule has 20 heavy (non-hydrogen) atoms. The van der Waals surface area contributed by atoms with Gasteiger partial charge in [0.05, 0.1) is 18.1 Å². The molecular formula is C11H9F3N4O2. The fourth-order valence-corrected chi connectivity index (χ4v) is 1.33. The number of ether oxygens (including phenoxy) is 1. The van der Waals surface area contributed by atoms with Crippen LogP contribution in [0.5, 0.6) is 0 Å². The van der Waals surface area contributed by atoms with Gasteiger partial charge in [-0.3, -0.25) is 5.32 Å². The molecule has 0 radical (unpaired) electrons. The minimum atomic E-state index is -4.55. The molecule has 0 atom stereocenters. The molecule has 1 amide bonds. The molecule has 0 aliphatic heterocycles. The molecule has 0 saturated heterocycles. The molecule has 2 rings (SSSR count). The van der Waals surface area contributed by atoms with E-state index in [4.69, 9.17) is 0 Å². The van der Waals surface area contributed by atoms with Gasteiger partial charge in [-0.25, -0.2) is 4.79 Å². The molecule has 6 nitrogen and oxygen atoms in total. The smallest absolute Gasteiger partial charge is 0.422 e. The summed E-state index contributed by atoms with van der Waals surface area (Å²) in [6.45, 7) is -1.63. The van der Waals surface area contributed by atoms with Gasteiger partial charge in [-0.2, -0.15) is 28.2 Å². The fourth-order valence-electron chi connectivity index (χ4n) is 1.33. The van der Waals surface area contributed by atoms with Gasteiger partial charge in [0, 0.05) is 5.69 Å². The Morgan fingerprint density at radius 3 is 2.35 bits per heavy atom. The molecule has 106 valence electrons. The summed E-state index contributed by atoms with van der Waals surface area (Å²) in [5, 5.41) is 9.98. The van der Waals surface area contributed by atoms with Crippen molar-refractivity contribution in [2.45, 2.75) is 6.18 Å². The molecular weight excluding hydrogens is 277 g/mol. The predicted octanol–water partition coefficient (Wildman–Crippen LogP) is 2.38. The van der Waals surface area contributed by atoms with E-state index in [0.29, 0.717) is 11.4 Å². The quantitative estimate of drug-likeness (QED) is 0.940. The second-order valence-corrected chi connectivity index (χ2v) is 3.68. The average molecular weight is 286 g/mol. The van der Waals surface area contributed by atoms with E-state index in [1.165, 1.54) is 29.3 Å². The van der Waals surface area contributed by atoms with Crippen molar-refractivity contribution in [2.75, 3.05) is 11.9 Å². The maximum Gasteiger partial charge on any atom is 0.422 e. The summed E-state index contributed by atoms with van der Waals surface area (Å²) in [5.74, 6) is 0. The van der Waals surface area contributed by atoms with Gasteiger partial charge in [-0.1, -0.05) is 0 Å². The zero-order chi connectivity index (χ0) is 14.6. The lowest BCUT2D eigenvalue weighted by atomic mass is 10.3. The van der Waals surface area contributed by atoms with Crippen LogP contribution >= 0.6 is 0 Å². The Bertz CT molecular complexity index is 566. The van der Waals surface area contributed by atoms with Gasteiger partial charge in [0.2, 0.25) is 0 Å². The van der Waals surface area contributed by atoms with Crippen LogP contribution in [0.2, 0.25) is 0 Å². The Balaban J connectivity index is 1.92. The lowest BCUT2D eigenvalue weighted by Crippen LogP contribution is -2.23. The van der Waals surface area contributed by atoms with Crippen LogP contribution in [0.25, 0.3) is 5.69 Å². The van der Waals surface area contributed by atoms with Gasteiger partial charge in [-0.05, 0) is 24.3 Å². The molecule has 9 heteroatoms. The number of hydrogen-bond acceptors (Lipinski definition) is 4. The molecule has 2 aromatic rings. The standard InChI is InChI=1S/C11H9F3N4O2/c12-11(13,14)7-20-10(19)17-8-1-3-9(4-2-8)18-15-5-6-16-18/h1-6H,7H2,(H,17,19). The number of hydrogen-bond donors (Lipinski definition) is 1. The number of alkyl halides is 3. The first-order chi connectivity index (χ1) is 9.44. The highest BCUT2D eigenvalue weighted by atomic mass is 19.4. The first-order valence-electron chi connectivity index (χ1n) is 5.41. The first kappa shape index (κ1) is 13.8. The van der Waals surface area contributed by atoms with E-state index < -0.39 is 18.9 Å². The van der Waals surface area contributed by atoms with Crippen LogP contribution in [0.3, 0.4) is 0 Å². The normalized spacial score (nSPS) is 11.2. The molecule has 1 heterocycles. The number of amides is 1. The van der Waals surface area contributed by atoms with Crippen molar-refractivity contribution in [1.82, 2.24) is 15.0 Å². The largest absolute Gasteiger partial charge is 0.440 e. The number of carbonyl (C=O) groups is 1. The van der Waals surface area contributed by atoms with Crippen molar-refractivity contribution < 1.29 is 22.7 Å². The summed E-state index contributed by atoms with van der Waals surface area (Å²) in [6, 6.07) is 6.18. The van der Waals surface area contributed by atoms with Crippen LogP contribution in [0.4, 0.5) is 23.7 Å². The van der Waals surface area contributed by atoms with E-state index in [-0.39, 0.29) is 0 Å². The third kappa shape index (κ3) is 3.97. The number of rotatable bonds is 3. The van der Waals surface area contributed by atoms with E-state index in [1.807, 2.05) is 0 Å². The highest BCUT2D eigenvalue weighted by molar-refractivity contribution is 5.84. The number of halogens is 3. The summed E-state index contributed by atoms with van der Waals surface area (Å²) in [6.07, 6.45) is -2.72. The fraction of sp³-hybridized carbons (Fsp3) is 0.182. The Kier molecular flexibility index (Phi) is 3.87. The maximum absolute atomic E-state index is 11.8. The van der Waals surface area contributed by atoms with Gasteiger partial charge in [0.1, 0.15) is 0 Å². The van der Waals surface area contributed by atoms with E-state index in [9.17, 15) is 18.0 Å². The Labute approximate surface area is 111 Å². The van der Waals surface area contributed by atoms with E-state index >= 15 is 0 Å². The van der Waals surface area contributed by atoms with Crippen LogP contribution in [-0.2, 0) is 4.74 Å². The maximum atomic E-state index is 11.8. The minimum absolute atomic E-state index is 0.299. The van der Waals surface area contributed by atoms with Gasteiger partial charge in [-0.15, -0.1) is 0 Å². The van der Waals surface area contributed by atoms with Crippen molar-refractivity contribution in [1.29, 1.82) is 0 Å². The molecule has 0 saturated carbocycles. The monoisotopic (exact) mass is 286 g/mol. The number of aromatic nitrogens is 3. The SMILES string of the molecule is O=C(Nc1ccc(-n2nccn2)cc1)OCC(F)(F)F. The third-order valence-electron chi connectivity index (χ3n) is 2.13. The number of carbonyl (C=O) groups excluding carboxylic acids is 1. The van der Waals surface area contributed by atoms with Crippen LogP contribution in [0, 0.1) is 0 Å². The highest BCUT2D eigenvalue weighted by Gasteiger charge is 2.29. The summed E-state index contributed by atoms with van der Waals surface area (Å²) in [7, 11) is 0. The molecule has 1 N–H and O–H groups in total. The molecule has 0 fully saturated rings. The molecule has 0 unspecified atom stereocenters. The van der Waals surface area contributed by atoms with Crippen molar-refractivity contribution in [3.8, 4) is 5.69 Å². The second-order valence-electron chi connectivity index (χ2n) is 3.68. The lowest BCUT2D eigenvalue weighted by molar-refractivity contribution is -0.159. The summed E-state index contributed by atoms with van der Waals surface area (Å²) >= 11 is 0. The molecule has 1 aromatic heterocycles. The molecule has 0 aliphatic carbocycles. The van der Waals surface area contributed by atoms with Crippen molar-refractivity contribution in [3.63, 3.8) is 0 Å². The topological polar surface area (TPSA) is 69.0 Å². The summed E-state index contributed by atoms with van der Waals surface area (Å²) in [4.78, 5) is 12.5. The zero-order valence-corrected chi connectivity index (χ0v) is 9.96. The van der Waals surface area contributed by atoms with E-state index in [1.54, 1.807) is 12.1 Å². The summed E-state index contributed by atoms with van der Waals surface area (Å²) in [5.41, 5.74) is 0.942. The second kappa shape index (κ2) is 5.59. The highest BCUT2D eigenvalue weighted by Crippen LogP contribution is 2.16. The van der Waals surface area contributed by atoms with Crippen molar-refractivity contribution >= 4 is 11.8 Å². The Morgan fingerprint density at radius 2 is 1.80 bits per heavy atom. The van der Waals surface area contributed by atoms with Crippen LogP contribution in [0.15, 0.2) is 36.7 Å². The average Bonchev–Trinajstić information content (AvgIpc) is 2.90. The Morgan fingerprint density at radius 1 is 1.20 bits per heavy atom. The molecule has 1 aromatic carbocycles. The van der Waals surface area contributed by atoms with Crippen molar-refractivity contribution in [2.24, 2.45) is 0 Å². The summed E-state index contributed by atoms with van der Waals surface area (Å²) < 4.78 is 39.5. The third-order valence-corrected chi connectivity index (χ3v) is 2.13. The number of benzene rings is 1. The predicted molar refractivity (Wildman–Crippen MR) is 62.4 cm³/mol. The molecule has 0 aliphatic rings. The Hall–Kier alpha value is -2.58. The number of nitrogens with zero attached hydrogens (tertiary/aromatic N) is 3. The number of nitrogens with one attached hydrogen (secondary N) is 1. The van der Waals surface area contributed by atoms with Gasteiger partial charge in [0.15, 0.2) is 6.61 Å². The molecule has 0 bridgehead atoms. The van der Waals surface area contributed by atoms with Crippen LogP contribution < -0.4 is 5.32 Å². The van der Waals surface area contributed by atoms with E-state index in [2.05, 4.69) is 20.3 Å². The van der Waals surface area contributed by atoms with Crippen LogP contribution in [0.1, 0.15) is 0 Å². The van der Waals surface area contributed by atoms with Crippen LogP contribution in [-0.4, -0.2) is 33.9 Å². The molecule has 0 spiro atoms. The van der Waals surface area contributed by atoms with Gasteiger partial charge in [0.25, 0.3) is 0 Å². The van der Waals surface area contributed by atoms with Gasteiger partial charge >= 0.3 is 12.3 Å².